The number of aromatic nitrogens is 1. The average Bonchev–Trinajstić information content (AvgIpc) is 2.73. The summed E-state index contributed by atoms with van der Waals surface area (Å²) in [5.74, 6) is 2.10. The first-order valence-electron chi connectivity index (χ1n) is 7.75. The molecule has 1 heterocycles. The summed E-state index contributed by atoms with van der Waals surface area (Å²) in [6, 6.07) is 6.95. The number of rotatable bonds is 5. The van der Waals surface area contributed by atoms with Crippen molar-refractivity contribution in [3.8, 4) is 0 Å². The summed E-state index contributed by atoms with van der Waals surface area (Å²) in [6.45, 7) is 3.16. The van der Waals surface area contributed by atoms with Crippen LogP contribution in [0.5, 0.6) is 0 Å². The Labute approximate surface area is 117 Å². The molecule has 0 amide bonds. The van der Waals surface area contributed by atoms with E-state index in [1.807, 2.05) is 0 Å². The molecule has 0 radical (unpaired) electrons. The molecule has 1 aliphatic rings. The second kappa shape index (κ2) is 7.37. The molecule has 1 aliphatic carbocycles. The van der Waals surface area contributed by atoms with Gasteiger partial charge in [0.15, 0.2) is 0 Å². The molecular formula is C16H27N3. The van der Waals surface area contributed by atoms with Gasteiger partial charge in [0.25, 0.3) is 0 Å². The number of pyridine rings is 1. The zero-order valence-electron chi connectivity index (χ0n) is 12.4. The van der Waals surface area contributed by atoms with Crippen molar-refractivity contribution in [3.05, 3.63) is 18.2 Å². The van der Waals surface area contributed by atoms with E-state index in [-0.39, 0.29) is 0 Å². The van der Waals surface area contributed by atoms with Crippen LogP contribution in [-0.2, 0) is 0 Å². The van der Waals surface area contributed by atoms with Gasteiger partial charge in [0.2, 0.25) is 0 Å². The fourth-order valence-electron chi connectivity index (χ4n) is 2.80. The third-order valence-electron chi connectivity index (χ3n) is 4.02. The molecule has 0 unspecified atom stereocenters. The van der Waals surface area contributed by atoms with E-state index in [0.717, 1.165) is 24.6 Å². The summed E-state index contributed by atoms with van der Waals surface area (Å²) in [5.41, 5.74) is 0. The van der Waals surface area contributed by atoms with Crippen molar-refractivity contribution >= 4 is 11.6 Å². The second-order valence-electron chi connectivity index (χ2n) is 5.56. The van der Waals surface area contributed by atoms with Crippen molar-refractivity contribution in [2.24, 2.45) is 0 Å². The lowest BCUT2D eigenvalue weighted by Crippen LogP contribution is -2.31. The zero-order chi connectivity index (χ0) is 13.5. The van der Waals surface area contributed by atoms with Crippen LogP contribution in [0.25, 0.3) is 0 Å². The van der Waals surface area contributed by atoms with E-state index >= 15 is 0 Å². The first-order chi connectivity index (χ1) is 9.31. The quantitative estimate of drug-likeness (QED) is 0.810. The molecular weight excluding hydrogens is 234 g/mol. The maximum absolute atomic E-state index is 4.73. The van der Waals surface area contributed by atoms with Crippen LogP contribution < -0.4 is 10.2 Å². The van der Waals surface area contributed by atoms with Crippen molar-refractivity contribution in [1.29, 1.82) is 0 Å². The molecule has 1 aromatic heterocycles. The highest BCUT2D eigenvalue weighted by Gasteiger charge is 2.18. The van der Waals surface area contributed by atoms with Crippen molar-refractivity contribution in [2.75, 3.05) is 23.8 Å². The van der Waals surface area contributed by atoms with E-state index in [1.54, 1.807) is 0 Å². The summed E-state index contributed by atoms with van der Waals surface area (Å²) in [7, 11) is 2.20. The predicted molar refractivity (Wildman–Crippen MR) is 82.9 cm³/mol. The Kier molecular flexibility index (Phi) is 5.49. The third-order valence-corrected chi connectivity index (χ3v) is 4.02. The minimum absolute atomic E-state index is 0.663. The minimum Gasteiger partial charge on any atom is -0.370 e. The van der Waals surface area contributed by atoms with E-state index in [0.29, 0.717) is 6.04 Å². The predicted octanol–water partition coefficient (Wildman–Crippen LogP) is 4.06. The van der Waals surface area contributed by atoms with Gasteiger partial charge in [-0.1, -0.05) is 38.7 Å². The Hall–Kier alpha value is -1.25. The van der Waals surface area contributed by atoms with Crippen LogP contribution >= 0.6 is 0 Å². The van der Waals surface area contributed by atoms with E-state index in [1.165, 1.54) is 38.5 Å². The van der Waals surface area contributed by atoms with Gasteiger partial charge in [0.1, 0.15) is 11.6 Å². The molecule has 0 aliphatic heterocycles. The molecule has 3 heteroatoms. The van der Waals surface area contributed by atoms with Gasteiger partial charge in [0.05, 0.1) is 0 Å². The van der Waals surface area contributed by atoms with E-state index in [9.17, 15) is 0 Å². The molecule has 106 valence electrons. The summed E-state index contributed by atoms with van der Waals surface area (Å²) < 4.78 is 0. The maximum Gasteiger partial charge on any atom is 0.130 e. The van der Waals surface area contributed by atoms with Crippen LogP contribution in [0.1, 0.15) is 51.9 Å². The molecule has 3 nitrogen and oxygen atoms in total. The standard InChI is InChI=1S/C16H27N3/c1-3-13-17-15-11-8-12-16(18-15)19(2)14-9-6-4-5-7-10-14/h8,11-12,14H,3-7,9-10,13H2,1-2H3,(H,17,18). The van der Waals surface area contributed by atoms with Gasteiger partial charge in [-0.05, 0) is 31.4 Å². The van der Waals surface area contributed by atoms with Gasteiger partial charge in [-0.25, -0.2) is 4.98 Å². The van der Waals surface area contributed by atoms with E-state index in [4.69, 9.17) is 4.98 Å². The fraction of sp³-hybridized carbons (Fsp3) is 0.688. The summed E-state index contributed by atoms with van der Waals surface area (Å²) >= 11 is 0. The van der Waals surface area contributed by atoms with Crippen molar-refractivity contribution in [2.45, 2.75) is 57.9 Å². The van der Waals surface area contributed by atoms with Crippen LogP contribution in [0, 0.1) is 0 Å². The van der Waals surface area contributed by atoms with Crippen LogP contribution in [0.4, 0.5) is 11.6 Å². The highest BCUT2D eigenvalue weighted by molar-refractivity contribution is 5.47. The van der Waals surface area contributed by atoms with Gasteiger partial charge >= 0.3 is 0 Å². The number of anilines is 2. The normalized spacial score (nSPS) is 16.9. The van der Waals surface area contributed by atoms with Crippen LogP contribution in [-0.4, -0.2) is 24.6 Å². The van der Waals surface area contributed by atoms with Crippen LogP contribution in [0.3, 0.4) is 0 Å². The molecule has 1 fully saturated rings. The molecule has 0 spiro atoms. The van der Waals surface area contributed by atoms with Gasteiger partial charge < -0.3 is 10.2 Å². The monoisotopic (exact) mass is 261 g/mol. The highest BCUT2D eigenvalue weighted by atomic mass is 15.2. The highest BCUT2D eigenvalue weighted by Crippen LogP contribution is 2.24. The van der Waals surface area contributed by atoms with Crippen molar-refractivity contribution in [1.82, 2.24) is 4.98 Å². The molecule has 1 N–H and O–H groups in total. The lowest BCUT2D eigenvalue weighted by atomic mass is 10.1. The number of hydrogen-bond acceptors (Lipinski definition) is 3. The average molecular weight is 261 g/mol. The Morgan fingerprint density at radius 1 is 1.21 bits per heavy atom. The molecule has 1 aromatic rings. The smallest absolute Gasteiger partial charge is 0.130 e. The minimum atomic E-state index is 0.663. The first-order valence-corrected chi connectivity index (χ1v) is 7.75. The Bertz CT molecular complexity index is 370. The van der Waals surface area contributed by atoms with Gasteiger partial charge in [0, 0.05) is 19.6 Å². The first kappa shape index (κ1) is 14.2. The van der Waals surface area contributed by atoms with Gasteiger partial charge in [-0.2, -0.15) is 0 Å². The molecule has 0 bridgehead atoms. The fourth-order valence-corrected chi connectivity index (χ4v) is 2.80. The van der Waals surface area contributed by atoms with Crippen molar-refractivity contribution in [3.63, 3.8) is 0 Å². The number of nitrogens with one attached hydrogen (secondary N) is 1. The molecule has 0 atom stereocenters. The van der Waals surface area contributed by atoms with Crippen LogP contribution in [0.15, 0.2) is 18.2 Å². The maximum atomic E-state index is 4.73. The molecule has 2 rings (SSSR count). The SMILES string of the molecule is CCCNc1cccc(N(C)C2CCCCCC2)n1. The van der Waals surface area contributed by atoms with Crippen LogP contribution in [0.2, 0.25) is 0 Å². The van der Waals surface area contributed by atoms with Gasteiger partial charge in [-0.3, -0.25) is 0 Å². The third kappa shape index (κ3) is 4.12. The largest absolute Gasteiger partial charge is 0.370 e. The summed E-state index contributed by atoms with van der Waals surface area (Å²) in [4.78, 5) is 7.11. The molecule has 1 saturated carbocycles. The number of nitrogens with zero attached hydrogens (tertiary/aromatic N) is 2. The molecule has 0 saturated heterocycles. The molecule has 19 heavy (non-hydrogen) atoms. The molecule has 0 aromatic carbocycles. The summed E-state index contributed by atoms with van der Waals surface area (Å²) in [6.07, 6.45) is 9.28. The van der Waals surface area contributed by atoms with Crippen molar-refractivity contribution < 1.29 is 0 Å². The van der Waals surface area contributed by atoms with E-state index < -0.39 is 0 Å². The Morgan fingerprint density at radius 2 is 1.95 bits per heavy atom. The Balaban J connectivity index is 2.02. The zero-order valence-corrected chi connectivity index (χ0v) is 12.4. The van der Waals surface area contributed by atoms with Gasteiger partial charge in [-0.15, -0.1) is 0 Å². The lowest BCUT2D eigenvalue weighted by molar-refractivity contribution is 0.549. The summed E-state index contributed by atoms with van der Waals surface area (Å²) in [5, 5.41) is 3.37. The topological polar surface area (TPSA) is 28.2 Å². The Morgan fingerprint density at radius 3 is 2.63 bits per heavy atom. The lowest BCUT2D eigenvalue weighted by Gasteiger charge is -2.28. The van der Waals surface area contributed by atoms with E-state index in [2.05, 4.69) is 42.4 Å². The second-order valence-corrected chi connectivity index (χ2v) is 5.56. The number of hydrogen-bond donors (Lipinski definition) is 1.